The second-order valence-electron chi connectivity index (χ2n) is 7.26. The van der Waals surface area contributed by atoms with E-state index < -0.39 is 0 Å². The van der Waals surface area contributed by atoms with E-state index in [0.29, 0.717) is 12.1 Å². The van der Waals surface area contributed by atoms with Gasteiger partial charge in [0.05, 0.1) is 5.56 Å². The van der Waals surface area contributed by atoms with Crippen LogP contribution in [-0.2, 0) is 13.1 Å². The first-order valence-electron chi connectivity index (χ1n) is 9.60. The molecule has 4 nitrogen and oxygen atoms in total. The second kappa shape index (κ2) is 9.18. The highest BCUT2D eigenvalue weighted by Gasteiger charge is 2.19. The Labute approximate surface area is 167 Å². The first-order chi connectivity index (χ1) is 13.5. The van der Waals surface area contributed by atoms with Gasteiger partial charge in [0.2, 0.25) is 0 Å². The van der Waals surface area contributed by atoms with Crippen molar-refractivity contribution in [2.45, 2.75) is 33.0 Å². The van der Waals surface area contributed by atoms with E-state index in [1.807, 2.05) is 86.5 Å². The molecule has 4 heteroatoms. The van der Waals surface area contributed by atoms with Gasteiger partial charge in [0.15, 0.2) is 0 Å². The van der Waals surface area contributed by atoms with Gasteiger partial charge in [-0.1, -0.05) is 60.7 Å². The first-order valence-corrected chi connectivity index (χ1v) is 9.60. The summed E-state index contributed by atoms with van der Waals surface area (Å²) >= 11 is 0. The maximum absolute atomic E-state index is 13.0. The minimum absolute atomic E-state index is 0.00335. The lowest BCUT2D eigenvalue weighted by Gasteiger charge is -2.27. The zero-order valence-corrected chi connectivity index (χ0v) is 16.7. The lowest BCUT2D eigenvalue weighted by Crippen LogP contribution is -2.36. The summed E-state index contributed by atoms with van der Waals surface area (Å²) in [7, 11) is 2.01. The normalized spacial score (nSPS) is 10.7. The molecule has 0 bridgehead atoms. The molecule has 28 heavy (non-hydrogen) atoms. The summed E-state index contributed by atoms with van der Waals surface area (Å²) in [6.07, 6.45) is 1.68. The van der Waals surface area contributed by atoms with E-state index in [2.05, 4.69) is 22.0 Å². The summed E-state index contributed by atoms with van der Waals surface area (Å²) in [6.45, 7) is 5.44. The molecule has 1 heterocycles. The molecule has 0 aliphatic heterocycles. The van der Waals surface area contributed by atoms with Crippen LogP contribution in [0.3, 0.4) is 0 Å². The fraction of sp³-hybridized carbons (Fsp3) is 0.250. The van der Waals surface area contributed by atoms with Crippen LogP contribution in [0.5, 0.6) is 0 Å². The molecule has 0 radical (unpaired) electrons. The molecule has 0 saturated carbocycles. The number of hydrogen-bond acceptors (Lipinski definition) is 3. The molecule has 1 aromatic heterocycles. The van der Waals surface area contributed by atoms with Crippen LogP contribution in [0.25, 0.3) is 0 Å². The third kappa shape index (κ3) is 4.97. The van der Waals surface area contributed by atoms with E-state index >= 15 is 0 Å². The van der Waals surface area contributed by atoms with Gasteiger partial charge in [0.25, 0.3) is 5.91 Å². The average Bonchev–Trinajstić information content (AvgIpc) is 2.73. The number of amides is 1. The number of rotatable bonds is 7. The number of nitrogens with zero attached hydrogens (tertiary/aromatic N) is 3. The summed E-state index contributed by atoms with van der Waals surface area (Å²) in [4.78, 5) is 21.5. The van der Waals surface area contributed by atoms with Gasteiger partial charge in [0, 0.05) is 32.4 Å². The van der Waals surface area contributed by atoms with Gasteiger partial charge >= 0.3 is 0 Å². The van der Waals surface area contributed by atoms with Crippen molar-refractivity contribution in [3.63, 3.8) is 0 Å². The van der Waals surface area contributed by atoms with Crippen LogP contribution in [0.2, 0.25) is 0 Å². The fourth-order valence-corrected chi connectivity index (χ4v) is 3.11. The van der Waals surface area contributed by atoms with Gasteiger partial charge in [-0.05, 0) is 37.1 Å². The molecule has 2 aromatic carbocycles. The molecule has 0 aliphatic rings. The standard InChI is InChI=1S/C24H27N3O/c1-19(2)27(18-21-12-8-5-9-13-21)24(28)22-14-15-23(25-16-22)26(3)17-20-10-6-4-7-11-20/h4-16,19H,17-18H2,1-3H3. The lowest BCUT2D eigenvalue weighted by atomic mass is 10.1. The summed E-state index contributed by atoms with van der Waals surface area (Å²) in [6, 6.07) is 24.2. The molecule has 3 aromatic rings. The van der Waals surface area contributed by atoms with Gasteiger partial charge < -0.3 is 9.80 Å². The monoisotopic (exact) mass is 373 g/mol. The zero-order valence-electron chi connectivity index (χ0n) is 16.7. The van der Waals surface area contributed by atoms with Gasteiger partial charge in [-0.2, -0.15) is 0 Å². The molecule has 144 valence electrons. The van der Waals surface area contributed by atoms with Crippen LogP contribution in [0.1, 0.15) is 35.3 Å². The number of aromatic nitrogens is 1. The van der Waals surface area contributed by atoms with Crippen molar-refractivity contribution >= 4 is 11.7 Å². The van der Waals surface area contributed by atoms with E-state index in [1.165, 1.54) is 5.56 Å². The molecule has 3 rings (SSSR count). The molecule has 0 fully saturated rings. The van der Waals surface area contributed by atoms with Crippen molar-refractivity contribution in [3.05, 3.63) is 95.7 Å². The smallest absolute Gasteiger partial charge is 0.255 e. The maximum Gasteiger partial charge on any atom is 0.255 e. The van der Waals surface area contributed by atoms with Crippen molar-refractivity contribution in [1.29, 1.82) is 0 Å². The van der Waals surface area contributed by atoms with Crippen LogP contribution in [-0.4, -0.2) is 28.9 Å². The molecule has 0 N–H and O–H groups in total. The SMILES string of the molecule is CC(C)N(Cc1ccccc1)C(=O)c1ccc(N(C)Cc2ccccc2)nc1. The van der Waals surface area contributed by atoms with Gasteiger partial charge in [0.1, 0.15) is 5.82 Å². The van der Waals surface area contributed by atoms with Crippen LogP contribution in [0.4, 0.5) is 5.82 Å². The van der Waals surface area contributed by atoms with Crippen molar-refractivity contribution < 1.29 is 4.79 Å². The Morgan fingerprint density at radius 3 is 1.93 bits per heavy atom. The summed E-state index contributed by atoms with van der Waals surface area (Å²) in [5.41, 5.74) is 2.96. The van der Waals surface area contributed by atoms with Crippen molar-refractivity contribution in [2.75, 3.05) is 11.9 Å². The average molecular weight is 374 g/mol. The van der Waals surface area contributed by atoms with E-state index in [4.69, 9.17) is 0 Å². The number of benzene rings is 2. The predicted molar refractivity (Wildman–Crippen MR) is 114 cm³/mol. The lowest BCUT2D eigenvalue weighted by molar-refractivity contribution is 0.0690. The topological polar surface area (TPSA) is 36.4 Å². The van der Waals surface area contributed by atoms with Crippen LogP contribution < -0.4 is 4.90 Å². The minimum atomic E-state index is 0.00335. The summed E-state index contributed by atoms with van der Waals surface area (Å²) in [5.74, 6) is 0.850. The summed E-state index contributed by atoms with van der Waals surface area (Å²) < 4.78 is 0. The van der Waals surface area contributed by atoms with Crippen LogP contribution >= 0.6 is 0 Å². The molecule has 0 aliphatic carbocycles. The Bertz CT molecular complexity index is 877. The number of hydrogen-bond donors (Lipinski definition) is 0. The van der Waals surface area contributed by atoms with E-state index in [0.717, 1.165) is 17.9 Å². The van der Waals surface area contributed by atoms with Crippen LogP contribution in [0, 0.1) is 0 Å². The third-order valence-corrected chi connectivity index (χ3v) is 4.73. The van der Waals surface area contributed by atoms with Crippen molar-refractivity contribution in [3.8, 4) is 0 Å². The Kier molecular flexibility index (Phi) is 6.43. The molecule has 0 unspecified atom stereocenters. The van der Waals surface area contributed by atoms with E-state index in [-0.39, 0.29) is 11.9 Å². The number of carbonyl (C=O) groups is 1. The van der Waals surface area contributed by atoms with E-state index in [9.17, 15) is 4.79 Å². The van der Waals surface area contributed by atoms with Crippen molar-refractivity contribution in [2.24, 2.45) is 0 Å². The quantitative estimate of drug-likeness (QED) is 0.599. The largest absolute Gasteiger partial charge is 0.355 e. The predicted octanol–water partition coefficient (Wildman–Crippen LogP) is 4.77. The molecule has 0 atom stereocenters. The molecular formula is C24H27N3O. The first kappa shape index (κ1) is 19.6. The zero-order chi connectivity index (χ0) is 19.9. The number of anilines is 1. The van der Waals surface area contributed by atoms with Gasteiger partial charge in [-0.3, -0.25) is 4.79 Å². The minimum Gasteiger partial charge on any atom is -0.355 e. The highest BCUT2D eigenvalue weighted by atomic mass is 16.2. The highest BCUT2D eigenvalue weighted by molar-refractivity contribution is 5.94. The number of pyridine rings is 1. The Balaban J connectivity index is 1.71. The highest BCUT2D eigenvalue weighted by Crippen LogP contribution is 2.17. The summed E-state index contributed by atoms with van der Waals surface area (Å²) in [5, 5.41) is 0. The fourth-order valence-electron chi connectivity index (χ4n) is 3.11. The number of carbonyl (C=O) groups excluding carboxylic acids is 1. The second-order valence-corrected chi connectivity index (χ2v) is 7.26. The molecule has 1 amide bonds. The maximum atomic E-state index is 13.0. The Morgan fingerprint density at radius 2 is 1.43 bits per heavy atom. The Morgan fingerprint density at radius 1 is 0.857 bits per heavy atom. The Hall–Kier alpha value is -3.14. The van der Waals surface area contributed by atoms with Gasteiger partial charge in [-0.25, -0.2) is 4.98 Å². The molecular weight excluding hydrogens is 346 g/mol. The third-order valence-electron chi connectivity index (χ3n) is 4.73. The van der Waals surface area contributed by atoms with Crippen molar-refractivity contribution in [1.82, 2.24) is 9.88 Å². The van der Waals surface area contributed by atoms with E-state index in [1.54, 1.807) is 6.20 Å². The molecule has 0 spiro atoms. The molecule has 0 saturated heterocycles. The van der Waals surface area contributed by atoms with Crippen LogP contribution in [0.15, 0.2) is 79.0 Å². The van der Waals surface area contributed by atoms with Gasteiger partial charge in [-0.15, -0.1) is 0 Å².